The predicted octanol–water partition coefficient (Wildman–Crippen LogP) is 4.21. The molecule has 30 heavy (non-hydrogen) atoms. The van der Waals surface area contributed by atoms with Gasteiger partial charge in [0, 0.05) is 37.6 Å². The van der Waals surface area contributed by atoms with Crippen LogP contribution in [-0.4, -0.2) is 62.0 Å². The molecule has 7 heteroatoms. The molecule has 0 radical (unpaired) electrons. The van der Waals surface area contributed by atoms with Gasteiger partial charge in [-0.25, -0.2) is 8.42 Å². The number of hydrogen-bond donors (Lipinski definition) is 0. The molecular formula is C23H35ClN2O3S. The van der Waals surface area contributed by atoms with Crippen LogP contribution in [0.25, 0.3) is 0 Å². The molecule has 0 amide bonds. The van der Waals surface area contributed by atoms with Crippen molar-refractivity contribution < 1.29 is 13.2 Å². The first-order valence-corrected chi connectivity index (χ1v) is 13.6. The SMILES string of the molecule is COc1ccc2c(c1)CCN1C[C@H]3CCCN(S(=O)(=O)CCCCCCCl)[C@H]3C[C@@H]21. The number of benzene rings is 1. The lowest BCUT2D eigenvalue weighted by Crippen LogP contribution is -2.57. The second-order valence-electron chi connectivity index (χ2n) is 9.06. The first-order valence-electron chi connectivity index (χ1n) is 11.5. The van der Waals surface area contributed by atoms with Gasteiger partial charge in [-0.3, -0.25) is 4.90 Å². The Kier molecular flexibility index (Phi) is 7.28. The van der Waals surface area contributed by atoms with E-state index in [1.54, 1.807) is 7.11 Å². The molecule has 5 nitrogen and oxygen atoms in total. The zero-order valence-electron chi connectivity index (χ0n) is 18.1. The van der Waals surface area contributed by atoms with Crippen LogP contribution in [0.1, 0.15) is 62.1 Å². The number of rotatable bonds is 8. The lowest BCUT2D eigenvalue weighted by molar-refractivity contribution is 0.0219. The fourth-order valence-electron chi connectivity index (χ4n) is 5.71. The van der Waals surface area contributed by atoms with Crippen LogP contribution in [0.5, 0.6) is 5.75 Å². The molecule has 3 atom stereocenters. The topological polar surface area (TPSA) is 49.9 Å². The highest BCUT2D eigenvalue weighted by molar-refractivity contribution is 7.89. The van der Waals surface area contributed by atoms with E-state index in [9.17, 15) is 8.42 Å². The summed E-state index contributed by atoms with van der Waals surface area (Å²) in [6.45, 7) is 2.76. The maximum atomic E-state index is 13.2. The molecule has 3 aliphatic heterocycles. The Balaban J connectivity index is 1.49. The van der Waals surface area contributed by atoms with E-state index in [1.165, 1.54) is 11.1 Å². The fourth-order valence-corrected chi connectivity index (χ4v) is 7.78. The van der Waals surface area contributed by atoms with Crippen LogP contribution < -0.4 is 4.74 Å². The number of fused-ring (bicyclic) bond motifs is 4. The van der Waals surface area contributed by atoms with Gasteiger partial charge >= 0.3 is 0 Å². The normalized spacial score (nSPS) is 27.2. The largest absolute Gasteiger partial charge is 0.497 e. The summed E-state index contributed by atoms with van der Waals surface area (Å²) in [7, 11) is -1.49. The van der Waals surface area contributed by atoms with Crippen LogP contribution in [-0.2, 0) is 16.4 Å². The first kappa shape index (κ1) is 22.4. The maximum absolute atomic E-state index is 13.2. The van der Waals surface area contributed by atoms with Crippen LogP contribution in [0.3, 0.4) is 0 Å². The van der Waals surface area contributed by atoms with E-state index in [1.807, 2.05) is 10.4 Å². The molecule has 0 N–H and O–H groups in total. The Morgan fingerprint density at radius 3 is 2.80 bits per heavy atom. The van der Waals surface area contributed by atoms with Crippen molar-refractivity contribution in [2.24, 2.45) is 5.92 Å². The molecule has 1 aromatic carbocycles. The van der Waals surface area contributed by atoms with Crippen LogP contribution in [0.4, 0.5) is 0 Å². The minimum Gasteiger partial charge on any atom is -0.497 e. The van der Waals surface area contributed by atoms with Gasteiger partial charge in [0.25, 0.3) is 0 Å². The van der Waals surface area contributed by atoms with Crippen LogP contribution in [0.2, 0.25) is 0 Å². The molecule has 0 aromatic heterocycles. The van der Waals surface area contributed by atoms with E-state index in [4.69, 9.17) is 16.3 Å². The standard InChI is InChI=1S/C23H35ClN2O3S/c1-29-20-8-9-21-18(15-20)10-13-25-17-19-7-6-12-26(22(19)16-23(21)25)30(27,28)14-5-3-2-4-11-24/h8-9,15,19,22-23H,2-7,10-14,16-17H2,1H3/t19-,22+,23+/m1/s1. The Morgan fingerprint density at radius 2 is 2.00 bits per heavy atom. The highest BCUT2D eigenvalue weighted by Gasteiger charge is 2.45. The van der Waals surface area contributed by atoms with Crippen molar-refractivity contribution in [3.8, 4) is 5.75 Å². The number of unbranched alkanes of at least 4 members (excludes halogenated alkanes) is 3. The second-order valence-corrected chi connectivity index (χ2v) is 11.5. The Bertz CT molecular complexity index is 832. The second kappa shape index (κ2) is 9.76. The number of sulfonamides is 1. The van der Waals surface area contributed by atoms with Crippen molar-refractivity contribution in [3.05, 3.63) is 29.3 Å². The van der Waals surface area contributed by atoms with Gasteiger partial charge in [0.15, 0.2) is 0 Å². The third-order valence-electron chi connectivity index (χ3n) is 7.26. The number of hydrogen-bond acceptors (Lipinski definition) is 4. The van der Waals surface area contributed by atoms with Crippen molar-refractivity contribution in [3.63, 3.8) is 0 Å². The summed E-state index contributed by atoms with van der Waals surface area (Å²) in [5.74, 6) is 2.31. The summed E-state index contributed by atoms with van der Waals surface area (Å²) in [4.78, 5) is 2.60. The van der Waals surface area contributed by atoms with Crippen molar-refractivity contribution >= 4 is 21.6 Å². The minimum atomic E-state index is -3.20. The molecular weight excluding hydrogens is 420 g/mol. The summed E-state index contributed by atoms with van der Waals surface area (Å²) in [6.07, 6.45) is 7.76. The smallest absolute Gasteiger partial charge is 0.214 e. The van der Waals surface area contributed by atoms with Gasteiger partial charge in [0.2, 0.25) is 10.0 Å². The zero-order valence-corrected chi connectivity index (χ0v) is 19.6. The number of alkyl halides is 1. The third-order valence-corrected chi connectivity index (χ3v) is 9.50. The molecule has 0 spiro atoms. The van der Waals surface area contributed by atoms with E-state index in [2.05, 4.69) is 17.0 Å². The molecule has 3 aliphatic rings. The molecule has 0 aliphatic carbocycles. The van der Waals surface area contributed by atoms with Gasteiger partial charge in [-0.05, 0) is 67.7 Å². The zero-order chi connectivity index (χ0) is 21.1. The predicted molar refractivity (Wildman–Crippen MR) is 122 cm³/mol. The molecule has 2 saturated heterocycles. The quantitative estimate of drug-likeness (QED) is 0.436. The lowest BCUT2D eigenvalue weighted by atomic mass is 9.77. The van der Waals surface area contributed by atoms with Gasteiger partial charge < -0.3 is 4.74 Å². The number of ether oxygens (including phenoxy) is 1. The van der Waals surface area contributed by atoms with Crippen LogP contribution in [0, 0.1) is 5.92 Å². The third kappa shape index (κ3) is 4.67. The van der Waals surface area contributed by atoms with Crippen molar-refractivity contribution in [2.45, 2.75) is 63.5 Å². The number of piperidine rings is 2. The van der Waals surface area contributed by atoms with Gasteiger partial charge in [-0.1, -0.05) is 18.9 Å². The van der Waals surface area contributed by atoms with E-state index in [0.29, 0.717) is 24.4 Å². The van der Waals surface area contributed by atoms with E-state index in [0.717, 1.165) is 70.2 Å². The maximum Gasteiger partial charge on any atom is 0.214 e. The van der Waals surface area contributed by atoms with Crippen molar-refractivity contribution in [1.82, 2.24) is 9.21 Å². The highest BCUT2D eigenvalue weighted by atomic mass is 35.5. The number of halogens is 1. The number of methoxy groups -OCH3 is 1. The van der Waals surface area contributed by atoms with Gasteiger partial charge in [-0.2, -0.15) is 4.31 Å². The summed E-state index contributed by atoms with van der Waals surface area (Å²) < 4.78 is 33.8. The van der Waals surface area contributed by atoms with Crippen LogP contribution in [0.15, 0.2) is 18.2 Å². The number of nitrogens with zero attached hydrogens (tertiary/aromatic N) is 2. The van der Waals surface area contributed by atoms with Crippen molar-refractivity contribution in [2.75, 3.05) is 38.4 Å². The van der Waals surface area contributed by atoms with Crippen molar-refractivity contribution in [1.29, 1.82) is 0 Å². The Hall–Kier alpha value is -0.820. The lowest BCUT2D eigenvalue weighted by Gasteiger charge is -2.51. The molecule has 3 heterocycles. The summed E-state index contributed by atoms with van der Waals surface area (Å²) in [5.41, 5.74) is 2.73. The average molecular weight is 455 g/mol. The Labute approximate surface area is 186 Å². The molecule has 0 unspecified atom stereocenters. The van der Waals surface area contributed by atoms with Gasteiger partial charge in [0.1, 0.15) is 5.75 Å². The van der Waals surface area contributed by atoms with E-state index < -0.39 is 10.0 Å². The first-order chi connectivity index (χ1) is 14.5. The molecule has 0 saturated carbocycles. The minimum absolute atomic E-state index is 0.140. The summed E-state index contributed by atoms with van der Waals surface area (Å²) >= 11 is 5.74. The summed E-state index contributed by atoms with van der Waals surface area (Å²) in [6, 6.07) is 6.87. The highest BCUT2D eigenvalue weighted by Crippen LogP contribution is 2.44. The average Bonchev–Trinajstić information content (AvgIpc) is 2.76. The summed E-state index contributed by atoms with van der Waals surface area (Å²) in [5, 5.41) is 0. The fraction of sp³-hybridized carbons (Fsp3) is 0.739. The van der Waals surface area contributed by atoms with E-state index in [-0.39, 0.29) is 11.8 Å². The van der Waals surface area contributed by atoms with Gasteiger partial charge in [-0.15, -0.1) is 11.6 Å². The van der Waals surface area contributed by atoms with E-state index >= 15 is 0 Å². The monoisotopic (exact) mass is 454 g/mol. The molecule has 168 valence electrons. The molecule has 0 bridgehead atoms. The van der Waals surface area contributed by atoms with Gasteiger partial charge in [0.05, 0.1) is 12.9 Å². The van der Waals surface area contributed by atoms with Crippen LogP contribution >= 0.6 is 11.6 Å². The molecule has 1 aromatic rings. The Morgan fingerprint density at radius 1 is 1.17 bits per heavy atom. The molecule has 4 rings (SSSR count). The molecule has 2 fully saturated rings.